The highest BCUT2D eigenvalue weighted by molar-refractivity contribution is 9.25. The summed E-state index contributed by atoms with van der Waals surface area (Å²) < 4.78 is 63.4. The summed E-state index contributed by atoms with van der Waals surface area (Å²) in [6, 6.07) is 17.0. The topological polar surface area (TPSA) is 144 Å². The van der Waals surface area contributed by atoms with E-state index in [1.165, 1.54) is 26.8 Å². The molecule has 3 saturated heterocycles. The number of nitro benzene ring substituents is 1. The van der Waals surface area contributed by atoms with Crippen molar-refractivity contribution in [3.63, 3.8) is 0 Å². The number of rotatable bonds is 7. The fraction of sp³-hybridized carbons (Fsp3) is 0.382. The largest absolute Gasteiger partial charge is 0.522 e. The molecule has 7 rings (SSSR count). The molecule has 0 spiro atoms. The van der Waals surface area contributed by atoms with Gasteiger partial charge in [-0.3, -0.25) is 10.1 Å². The molecule has 50 heavy (non-hydrogen) atoms. The molecule has 0 saturated carbocycles. The van der Waals surface area contributed by atoms with E-state index in [1.54, 1.807) is 12.1 Å². The molecule has 3 aromatic rings. The molecule has 264 valence electrons. The number of quaternary nitrogens is 1. The zero-order chi connectivity index (χ0) is 35.5. The molecule has 3 aliphatic heterocycles. The van der Waals surface area contributed by atoms with E-state index < -0.39 is 34.3 Å². The first-order valence-corrected chi connectivity index (χ1v) is 20.8. The van der Waals surface area contributed by atoms with Gasteiger partial charge in [0.2, 0.25) is 20.0 Å². The molecule has 1 amide bonds. The first-order valence-electron chi connectivity index (χ1n) is 16.3. The van der Waals surface area contributed by atoms with Crippen molar-refractivity contribution in [2.45, 2.75) is 57.2 Å². The van der Waals surface area contributed by atoms with E-state index in [2.05, 4.69) is 31.9 Å². The minimum Gasteiger partial charge on any atom is -0.415 e. The minimum absolute atomic E-state index is 0.0952. The number of hydrogen-bond donors (Lipinski definition) is 0. The van der Waals surface area contributed by atoms with E-state index in [0.717, 1.165) is 22.7 Å². The SMILES string of the molecule is O=C1OCC2=CC(Br)(Br)CC=C2[N+]1(C1CCN(S(=O)(=O)c2cccc([N+](=O)[O-])c2)CC1)C1CCN(S(=O)(=O)c2cccc3ccccc23)CC1. The van der Waals surface area contributed by atoms with Crippen LogP contribution in [0.1, 0.15) is 32.1 Å². The van der Waals surface area contributed by atoms with Gasteiger partial charge < -0.3 is 4.74 Å². The van der Waals surface area contributed by atoms with Crippen LogP contribution in [0.2, 0.25) is 0 Å². The second kappa shape index (κ2) is 13.2. The van der Waals surface area contributed by atoms with Gasteiger partial charge >= 0.3 is 6.09 Å². The van der Waals surface area contributed by atoms with Crippen LogP contribution in [-0.2, 0) is 24.8 Å². The molecule has 1 aliphatic carbocycles. The van der Waals surface area contributed by atoms with E-state index in [9.17, 15) is 31.7 Å². The predicted octanol–water partition coefficient (Wildman–Crippen LogP) is 6.42. The van der Waals surface area contributed by atoms with Gasteiger partial charge in [0.15, 0.2) is 0 Å². The van der Waals surface area contributed by atoms with E-state index in [1.807, 2.05) is 42.5 Å². The Kier molecular flexibility index (Phi) is 9.35. The molecule has 4 aliphatic rings. The van der Waals surface area contributed by atoms with Crippen molar-refractivity contribution in [3.8, 4) is 0 Å². The summed E-state index contributed by atoms with van der Waals surface area (Å²) in [5, 5.41) is 12.8. The molecule has 0 N–H and O–H groups in total. The van der Waals surface area contributed by atoms with Gasteiger partial charge in [0.25, 0.3) is 5.69 Å². The maximum absolute atomic E-state index is 14.3. The minimum atomic E-state index is -4.04. The van der Waals surface area contributed by atoms with Crippen LogP contribution in [0.25, 0.3) is 10.8 Å². The van der Waals surface area contributed by atoms with Crippen molar-refractivity contribution in [3.05, 3.63) is 100 Å². The average molecular weight is 852 g/mol. The molecule has 0 aromatic heterocycles. The van der Waals surface area contributed by atoms with Crippen molar-refractivity contribution in [1.29, 1.82) is 0 Å². The number of fused-ring (bicyclic) bond motifs is 2. The van der Waals surface area contributed by atoms with Gasteiger partial charge in [-0.05, 0) is 29.7 Å². The summed E-state index contributed by atoms with van der Waals surface area (Å²) >= 11 is 7.39. The Bertz CT molecular complexity index is 2150. The number of cyclic esters (lactones) is 1. The summed E-state index contributed by atoms with van der Waals surface area (Å²) in [5.74, 6) is 0. The van der Waals surface area contributed by atoms with Crippen LogP contribution < -0.4 is 0 Å². The zero-order valence-corrected chi connectivity index (χ0v) is 31.7. The lowest BCUT2D eigenvalue weighted by molar-refractivity contribution is -0.875. The van der Waals surface area contributed by atoms with Crippen molar-refractivity contribution in [1.82, 2.24) is 8.61 Å². The second-order valence-corrected chi connectivity index (χ2v) is 20.8. The Morgan fingerprint density at radius 1 is 0.840 bits per heavy atom. The Morgan fingerprint density at radius 2 is 1.44 bits per heavy atom. The molecule has 1 unspecified atom stereocenters. The number of alkyl halides is 2. The number of ether oxygens (including phenoxy) is 1. The van der Waals surface area contributed by atoms with Crippen LogP contribution in [0.4, 0.5) is 10.5 Å². The number of non-ortho nitro benzene ring substituents is 1. The first kappa shape index (κ1) is 35.4. The predicted molar refractivity (Wildman–Crippen MR) is 194 cm³/mol. The van der Waals surface area contributed by atoms with Crippen molar-refractivity contribution in [2.75, 3.05) is 32.8 Å². The average Bonchev–Trinajstić information content (AvgIpc) is 3.11. The van der Waals surface area contributed by atoms with Gasteiger partial charge in [-0.25, -0.2) is 16.8 Å². The molecule has 1 atom stereocenters. The molecular formula is C34H35Br2N4O8S2+. The third-order valence-electron chi connectivity index (χ3n) is 10.4. The van der Waals surface area contributed by atoms with Gasteiger partial charge in [-0.1, -0.05) is 74.3 Å². The van der Waals surface area contributed by atoms with Gasteiger partial charge in [0, 0.05) is 81.4 Å². The summed E-state index contributed by atoms with van der Waals surface area (Å²) in [6.07, 6.45) is 5.63. The third kappa shape index (κ3) is 6.05. The van der Waals surface area contributed by atoms with Crippen molar-refractivity contribution < 1.29 is 35.8 Å². The van der Waals surface area contributed by atoms with Crippen LogP contribution in [-0.4, -0.2) is 89.0 Å². The fourth-order valence-corrected chi connectivity index (χ4v) is 12.1. The molecular weight excluding hydrogens is 816 g/mol. The number of nitro groups is 1. The summed E-state index contributed by atoms with van der Waals surface area (Å²) in [6.45, 7) is 0.708. The lowest BCUT2D eigenvalue weighted by Crippen LogP contribution is -2.69. The van der Waals surface area contributed by atoms with Gasteiger partial charge in [-0.2, -0.15) is 17.9 Å². The molecule has 0 radical (unpaired) electrons. The highest BCUT2D eigenvalue weighted by Crippen LogP contribution is 2.49. The van der Waals surface area contributed by atoms with Gasteiger partial charge in [-0.15, -0.1) is 0 Å². The Balaban J connectivity index is 1.19. The molecule has 3 heterocycles. The van der Waals surface area contributed by atoms with Crippen LogP contribution in [0, 0.1) is 10.1 Å². The lowest BCUT2D eigenvalue weighted by atomic mass is 9.88. The Labute approximate surface area is 307 Å². The normalized spacial score (nSPS) is 24.2. The fourth-order valence-electron chi connectivity index (χ4n) is 8.04. The van der Waals surface area contributed by atoms with Crippen molar-refractivity contribution in [2.24, 2.45) is 0 Å². The molecule has 3 aromatic carbocycles. The zero-order valence-electron chi connectivity index (χ0n) is 26.9. The van der Waals surface area contributed by atoms with Crippen molar-refractivity contribution >= 4 is 74.5 Å². The van der Waals surface area contributed by atoms with Crippen LogP contribution in [0.5, 0.6) is 0 Å². The maximum Gasteiger partial charge on any atom is 0.522 e. The number of carbonyl (C=O) groups excluding carboxylic acids is 1. The number of benzene rings is 3. The molecule has 12 nitrogen and oxygen atoms in total. The summed E-state index contributed by atoms with van der Waals surface area (Å²) in [4.78, 5) is 25.1. The highest BCUT2D eigenvalue weighted by atomic mass is 79.9. The monoisotopic (exact) mass is 849 g/mol. The second-order valence-electron chi connectivity index (χ2n) is 13.1. The lowest BCUT2D eigenvalue weighted by Gasteiger charge is -2.53. The summed E-state index contributed by atoms with van der Waals surface area (Å²) in [7, 11) is -7.88. The number of hydrogen-bond acceptors (Lipinski definition) is 8. The van der Waals surface area contributed by atoms with Crippen LogP contribution in [0.15, 0.2) is 99.9 Å². The number of amides is 1. The maximum atomic E-state index is 14.3. The smallest absolute Gasteiger partial charge is 0.415 e. The third-order valence-corrected chi connectivity index (χ3v) is 15.3. The highest BCUT2D eigenvalue weighted by Gasteiger charge is 2.60. The molecule has 0 bridgehead atoms. The van der Waals surface area contributed by atoms with Gasteiger partial charge in [0.1, 0.15) is 27.6 Å². The van der Waals surface area contributed by atoms with E-state index in [0.29, 0.717) is 37.5 Å². The van der Waals surface area contributed by atoms with Gasteiger partial charge in [0.05, 0.1) is 14.7 Å². The Morgan fingerprint density at radius 3 is 2.10 bits per heavy atom. The van der Waals surface area contributed by atoms with Crippen LogP contribution >= 0.6 is 31.9 Å². The number of carbonyl (C=O) groups is 1. The van der Waals surface area contributed by atoms with E-state index in [4.69, 9.17) is 4.74 Å². The number of halogens is 2. The first-order chi connectivity index (χ1) is 23.7. The van der Waals surface area contributed by atoms with E-state index in [-0.39, 0.29) is 64.8 Å². The van der Waals surface area contributed by atoms with Crippen LogP contribution in [0.3, 0.4) is 0 Å². The summed E-state index contributed by atoms with van der Waals surface area (Å²) in [5.41, 5.74) is 1.36. The quantitative estimate of drug-likeness (QED) is 0.115. The number of allylic oxidation sites excluding steroid dienone is 2. The molecule has 3 fully saturated rings. The molecule has 16 heteroatoms. The number of nitrogens with zero attached hydrogens (tertiary/aromatic N) is 4. The van der Waals surface area contributed by atoms with E-state index >= 15 is 0 Å². The Hall–Kier alpha value is -2.99. The number of piperidine rings is 2. The number of sulfonamides is 2. The standard InChI is InChI=1S/C34H35Br2N4O8S2/c35-34(36)16-11-31-25(22-34)23-48-33(41)40(31,27-12-17-37(18-13-27)49(44,45)29-8-4-7-26(21-29)39(42)43)28-14-19-38(20-15-28)50(46,47)32-10-3-6-24-5-1-2-9-30(24)32/h1-11,21-22,27-28H,12-20,23H2/q+1.